The molecular weight excluding hydrogens is 570 g/mol. The monoisotopic (exact) mass is 600 g/mol. The zero-order chi connectivity index (χ0) is 29.4. The third kappa shape index (κ3) is 8.64. The van der Waals surface area contributed by atoms with Crippen LogP contribution in [0.2, 0.25) is 0 Å². The van der Waals surface area contributed by atoms with Crippen LogP contribution < -0.4 is 15.4 Å². The van der Waals surface area contributed by atoms with Crippen molar-refractivity contribution in [2.45, 2.75) is 43.5 Å². The summed E-state index contributed by atoms with van der Waals surface area (Å²) in [5.74, 6) is -2.14. The molecule has 0 radical (unpaired) electrons. The molecule has 8 nitrogen and oxygen atoms in total. The largest absolute Gasteiger partial charge is 0.390 e. The topological polar surface area (TPSA) is 120 Å². The van der Waals surface area contributed by atoms with E-state index >= 15 is 0 Å². The van der Waals surface area contributed by atoms with Gasteiger partial charge in [-0.3, -0.25) is 9.52 Å². The number of benzene rings is 3. The van der Waals surface area contributed by atoms with E-state index < -0.39 is 39.7 Å². The maximum absolute atomic E-state index is 13.9. The molecule has 0 bridgehead atoms. The Morgan fingerprint density at radius 1 is 1.00 bits per heavy atom. The molecule has 0 spiro atoms. The van der Waals surface area contributed by atoms with Gasteiger partial charge in [-0.05, 0) is 59.9 Å². The van der Waals surface area contributed by atoms with Gasteiger partial charge in [0.1, 0.15) is 11.6 Å². The van der Waals surface area contributed by atoms with E-state index in [-0.39, 0.29) is 34.8 Å². The lowest BCUT2D eigenvalue weighted by molar-refractivity contribution is 0.0830. The fraction of sp³-hybridized carbons (Fsp3) is 0.241. The SMILES string of the molecule is CCc1cccc(CNC[C@H](O)[C@H](Cc2cc(F)cc(F)c2)NC(=O)c2cccc(NS(=O)(=O)c3cscn3)c2)c1. The quantitative estimate of drug-likeness (QED) is 0.182. The van der Waals surface area contributed by atoms with Crippen molar-refractivity contribution in [2.24, 2.45) is 0 Å². The number of rotatable bonds is 13. The average molecular weight is 601 g/mol. The number of nitrogens with one attached hydrogen (secondary N) is 3. The second-order valence-electron chi connectivity index (χ2n) is 9.45. The molecule has 1 amide bonds. The third-order valence-corrected chi connectivity index (χ3v) is 8.32. The second kappa shape index (κ2) is 13.8. The molecule has 216 valence electrons. The van der Waals surface area contributed by atoms with Crippen LogP contribution in [-0.4, -0.2) is 43.1 Å². The molecule has 4 rings (SSSR count). The van der Waals surface area contributed by atoms with Crippen LogP contribution in [0.3, 0.4) is 0 Å². The number of nitrogens with zero attached hydrogens (tertiary/aromatic N) is 1. The Balaban J connectivity index is 1.48. The summed E-state index contributed by atoms with van der Waals surface area (Å²) in [6.45, 7) is 2.62. The van der Waals surface area contributed by atoms with Crippen LogP contribution in [0.4, 0.5) is 14.5 Å². The van der Waals surface area contributed by atoms with Crippen LogP contribution in [0.15, 0.2) is 82.6 Å². The minimum absolute atomic E-state index is 0.0509. The Labute approximate surface area is 241 Å². The number of carbonyl (C=O) groups is 1. The number of halogens is 2. The van der Waals surface area contributed by atoms with Gasteiger partial charge >= 0.3 is 0 Å². The van der Waals surface area contributed by atoms with Crippen molar-refractivity contribution in [1.82, 2.24) is 15.6 Å². The predicted octanol–water partition coefficient (Wildman–Crippen LogP) is 4.28. The standard InChI is InChI=1S/C29H30F2N4O4S2/c1-2-19-5-3-6-20(9-19)15-32-16-27(36)26(12-21-10-23(30)14-24(31)11-21)34-29(37)22-7-4-8-25(13-22)35-41(38,39)28-17-40-18-33-28/h3-11,13-14,17-18,26-27,32,35-36H,2,12,15-16H2,1H3,(H,34,37)/t26-,27-/m0/s1. The van der Waals surface area contributed by atoms with Gasteiger partial charge in [0.25, 0.3) is 15.9 Å². The van der Waals surface area contributed by atoms with E-state index in [0.29, 0.717) is 6.54 Å². The number of thiazole rings is 1. The van der Waals surface area contributed by atoms with Gasteiger partial charge in [0.15, 0.2) is 5.03 Å². The van der Waals surface area contributed by atoms with Crippen molar-refractivity contribution in [1.29, 1.82) is 0 Å². The number of aliphatic hydroxyl groups is 1. The summed E-state index contributed by atoms with van der Waals surface area (Å²) >= 11 is 1.13. The first-order valence-corrected chi connectivity index (χ1v) is 15.3. The van der Waals surface area contributed by atoms with Gasteiger partial charge in [0.05, 0.1) is 17.7 Å². The zero-order valence-electron chi connectivity index (χ0n) is 22.2. The van der Waals surface area contributed by atoms with Gasteiger partial charge in [-0.1, -0.05) is 37.3 Å². The minimum Gasteiger partial charge on any atom is -0.390 e. The lowest BCUT2D eigenvalue weighted by atomic mass is 10.00. The molecule has 4 N–H and O–H groups in total. The number of hydrogen-bond donors (Lipinski definition) is 4. The molecule has 3 aromatic carbocycles. The third-order valence-electron chi connectivity index (χ3n) is 6.30. The van der Waals surface area contributed by atoms with E-state index in [4.69, 9.17) is 0 Å². The Morgan fingerprint density at radius 2 is 1.73 bits per heavy atom. The van der Waals surface area contributed by atoms with Crippen molar-refractivity contribution in [2.75, 3.05) is 11.3 Å². The second-order valence-corrected chi connectivity index (χ2v) is 11.8. The van der Waals surface area contributed by atoms with Crippen molar-refractivity contribution in [3.8, 4) is 0 Å². The van der Waals surface area contributed by atoms with Gasteiger partial charge in [-0.25, -0.2) is 13.8 Å². The van der Waals surface area contributed by atoms with Gasteiger partial charge in [-0.2, -0.15) is 8.42 Å². The van der Waals surface area contributed by atoms with E-state index in [0.717, 1.165) is 41.5 Å². The molecule has 0 aliphatic heterocycles. The molecule has 1 heterocycles. The molecule has 0 fully saturated rings. The Kier molecular flexibility index (Phi) is 10.2. The molecule has 4 aromatic rings. The smallest absolute Gasteiger partial charge is 0.280 e. The minimum atomic E-state index is -3.94. The summed E-state index contributed by atoms with van der Waals surface area (Å²) in [7, 11) is -3.94. The van der Waals surface area contributed by atoms with Gasteiger partial charge < -0.3 is 15.7 Å². The highest BCUT2D eigenvalue weighted by Crippen LogP contribution is 2.18. The number of sulfonamides is 1. The maximum Gasteiger partial charge on any atom is 0.280 e. The lowest BCUT2D eigenvalue weighted by Crippen LogP contribution is -2.48. The number of carbonyl (C=O) groups excluding carboxylic acids is 1. The van der Waals surface area contributed by atoms with E-state index in [1.54, 1.807) is 0 Å². The van der Waals surface area contributed by atoms with Gasteiger partial charge in [0, 0.05) is 35.8 Å². The first-order valence-electron chi connectivity index (χ1n) is 12.9. The van der Waals surface area contributed by atoms with Crippen LogP contribution in [0.5, 0.6) is 0 Å². The maximum atomic E-state index is 13.9. The average Bonchev–Trinajstić information content (AvgIpc) is 3.49. The fourth-order valence-electron chi connectivity index (χ4n) is 4.25. The molecule has 0 aliphatic carbocycles. The molecule has 0 aliphatic rings. The molecule has 0 saturated carbocycles. The summed E-state index contributed by atoms with van der Waals surface area (Å²) in [5, 5.41) is 18.2. The van der Waals surface area contributed by atoms with Crippen molar-refractivity contribution >= 4 is 33.0 Å². The lowest BCUT2D eigenvalue weighted by Gasteiger charge is -2.25. The Bertz CT molecular complexity index is 1560. The zero-order valence-corrected chi connectivity index (χ0v) is 23.8. The van der Waals surface area contributed by atoms with E-state index in [9.17, 15) is 27.1 Å². The van der Waals surface area contributed by atoms with Crippen LogP contribution in [0.1, 0.15) is 34.0 Å². The number of amides is 1. The number of aliphatic hydroxyl groups excluding tert-OH is 1. The summed E-state index contributed by atoms with van der Waals surface area (Å²) in [6, 6.07) is 16.0. The van der Waals surface area contributed by atoms with E-state index in [2.05, 4.69) is 33.3 Å². The summed E-state index contributed by atoms with van der Waals surface area (Å²) in [4.78, 5) is 17.0. The number of aromatic nitrogens is 1. The number of anilines is 1. The highest BCUT2D eigenvalue weighted by atomic mass is 32.2. The van der Waals surface area contributed by atoms with E-state index in [1.165, 1.54) is 40.7 Å². The molecule has 0 saturated heterocycles. The summed E-state index contributed by atoms with van der Waals surface area (Å²) < 4.78 is 55.2. The Hall–Kier alpha value is -3.71. The van der Waals surface area contributed by atoms with E-state index in [1.807, 2.05) is 18.2 Å². The summed E-state index contributed by atoms with van der Waals surface area (Å²) in [6.07, 6.45) is -0.279. The van der Waals surface area contributed by atoms with Crippen LogP contribution in [-0.2, 0) is 29.4 Å². The molecule has 12 heteroatoms. The summed E-state index contributed by atoms with van der Waals surface area (Å²) in [5.41, 5.74) is 4.13. The molecule has 41 heavy (non-hydrogen) atoms. The predicted molar refractivity (Wildman–Crippen MR) is 154 cm³/mol. The highest BCUT2D eigenvalue weighted by molar-refractivity contribution is 7.92. The highest BCUT2D eigenvalue weighted by Gasteiger charge is 2.24. The normalized spacial score (nSPS) is 13.0. The number of aryl methyl sites for hydroxylation is 1. The molecule has 0 unspecified atom stereocenters. The first-order chi connectivity index (χ1) is 19.6. The fourth-order valence-corrected chi connectivity index (χ4v) is 6.14. The van der Waals surface area contributed by atoms with Gasteiger partial charge in [0.2, 0.25) is 0 Å². The van der Waals surface area contributed by atoms with Crippen molar-refractivity contribution < 1.29 is 27.1 Å². The molecule has 1 aromatic heterocycles. The first kappa shape index (κ1) is 30.3. The molecular formula is C29H30F2N4O4S2. The van der Waals surface area contributed by atoms with Crippen LogP contribution in [0.25, 0.3) is 0 Å². The van der Waals surface area contributed by atoms with Crippen LogP contribution >= 0.6 is 11.3 Å². The van der Waals surface area contributed by atoms with Gasteiger partial charge in [-0.15, -0.1) is 11.3 Å². The number of hydrogen-bond acceptors (Lipinski definition) is 7. The Morgan fingerprint density at radius 3 is 2.44 bits per heavy atom. The van der Waals surface area contributed by atoms with Crippen molar-refractivity contribution in [3.63, 3.8) is 0 Å². The molecule has 2 atom stereocenters. The van der Waals surface area contributed by atoms with Crippen molar-refractivity contribution in [3.05, 3.63) is 112 Å². The van der Waals surface area contributed by atoms with Crippen LogP contribution in [0, 0.1) is 11.6 Å².